The van der Waals surface area contributed by atoms with Gasteiger partial charge in [-0.25, -0.2) is 0 Å². The number of rotatable bonds is 3. The van der Waals surface area contributed by atoms with Crippen LogP contribution in [0.1, 0.15) is 35.3 Å². The molecule has 0 amide bonds. The van der Waals surface area contributed by atoms with E-state index in [1.807, 2.05) is 11.3 Å². The van der Waals surface area contributed by atoms with E-state index < -0.39 is 0 Å². The molecule has 126 valence electrons. The van der Waals surface area contributed by atoms with Crippen molar-refractivity contribution in [2.45, 2.75) is 38.4 Å². The summed E-state index contributed by atoms with van der Waals surface area (Å²) in [6, 6.07) is 2.23. The fourth-order valence-corrected chi connectivity index (χ4v) is 4.92. The van der Waals surface area contributed by atoms with Gasteiger partial charge < -0.3 is 9.88 Å². The minimum Gasteiger partial charge on any atom is -0.312 e. The van der Waals surface area contributed by atoms with Crippen LogP contribution in [-0.4, -0.2) is 39.3 Å². The van der Waals surface area contributed by atoms with Crippen LogP contribution in [0.15, 0.2) is 15.9 Å². The van der Waals surface area contributed by atoms with Gasteiger partial charge in [-0.3, -0.25) is 4.90 Å². The molecular weight excluding hydrogens is 398 g/mol. The molecule has 0 atom stereocenters. The smallest absolute Gasteiger partial charge is 0.147 e. The summed E-state index contributed by atoms with van der Waals surface area (Å²) in [6.07, 6.45) is 2.39. The topological polar surface area (TPSA) is 46.0 Å². The molecule has 0 bridgehead atoms. The molecule has 0 unspecified atom stereocenters. The van der Waals surface area contributed by atoms with Crippen LogP contribution in [0.2, 0.25) is 0 Å². The molecule has 23 heavy (non-hydrogen) atoms. The number of likely N-dealkylation sites (tertiary alicyclic amines) is 1. The Hall–Kier alpha value is -0.470. The first-order valence-electron chi connectivity index (χ1n) is 7.87. The lowest BCUT2D eigenvalue weighted by Gasteiger charge is -2.31. The second-order valence-corrected chi connectivity index (χ2v) is 8.00. The predicted molar refractivity (Wildman–Crippen MR) is 98.2 cm³/mol. The zero-order chi connectivity index (χ0) is 14.9. The highest BCUT2D eigenvalue weighted by Crippen LogP contribution is 2.29. The Morgan fingerprint density at radius 1 is 1.26 bits per heavy atom. The van der Waals surface area contributed by atoms with E-state index in [4.69, 9.17) is 0 Å². The lowest BCUT2D eigenvalue weighted by Crippen LogP contribution is -2.34. The van der Waals surface area contributed by atoms with Gasteiger partial charge in [-0.05, 0) is 47.9 Å². The summed E-state index contributed by atoms with van der Waals surface area (Å²) in [7, 11) is 0. The van der Waals surface area contributed by atoms with Crippen molar-refractivity contribution in [1.29, 1.82) is 0 Å². The van der Waals surface area contributed by atoms with Gasteiger partial charge in [0.2, 0.25) is 0 Å². The molecule has 1 N–H and O–H groups in total. The monoisotopic (exact) mass is 417 g/mol. The van der Waals surface area contributed by atoms with Crippen molar-refractivity contribution >= 4 is 39.7 Å². The second kappa shape index (κ2) is 7.61. The van der Waals surface area contributed by atoms with Crippen molar-refractivity contribution in [3.63, 3.8) is 0 Å². The first-order valence-corrected chi connectivity index (χ1v) is 9.55. The quantitative estimate of drug-likeness (QED) is 0.832. The largest absolute Gasteiger partial charge is 0.312 e. The third-order valence-corrected chi connectivity index (χ3v) is 6.29. The summed E-state index contributed by atoms with van der Waals surface area (Å²) in [6.45, 7) is 6.29. The molecule has 4 heterocycles. The van der Waals surface area contributed by atoms with Gasteiger partial charge in [-0.15, -0.1) is 33.9 Å². The van der Waals surface area contributed by atoms with Gasteiger partial charge in [0.15, 0.2) is 0 Å². The highest BCUT2D eigenvalue weighted by atomic mass is 79.9. The van der Waals surface area contributed by atoms with Crippen molar-refractivity contribution in [3.05, 3.63) is 32.4 Å². The number of piperidine rings is 1. The standard InChI is InChI=1S/C15H20BrN5S.ClH/c16-12-7-13(22-10-12)9-20-4-1-11(2-5-20)15-19-18-14-8-17-3-6-21(14)15;/h7,10-11,17H,1-6,8-9H2;1H. The van der Waals surface area contributed by atoms with E-state index in [9.17, 15) is 0 Å². The van der Waals surface area contributed by atoms with E-state index in [0.29, 0.717) is 5.92 Å². The summed E-state index contributed by atoms with van der Waals surface area (Å²) in [5.74, 6) is 2.90. The summed E-state index contributed by atoms with van der Waals surface area (Å²) in [4.78, 5) is 4.00. The van der Waals surface area contributed by atoms with Gasteiger partial charge in [0, 0.05) is 40.3 Å². The molecule has 0 spiro atoms. The lowest BCUT2D eigenvalue weighted by molar-refractivity contribution is 0.201. The third kappa shape index (κ3) is 3.79. The van der Waals surface area contributed by atoms with E-state index in [1.54, 1.807) is 0 Å². The molecule has 1 fully saturated rings. The van der Waals surface area contributed by atoms with E-state index >= 15 is 0 Å². The predicted octanol–water partition coefficient (Wildman–Crippen LogP) is 3.01. The fraction of sp³-hybridized carbons (Fsp3) is 0.600. The summed E-state index contributed by atoms with van der Waals surface area (Å²) >= 11 is 5.37. The average Bonchev–Trinajstić information content (AvgIpc) is 3.14. The van der Waals surface area contributed by atoms with Crippen molar-refractivity contribution in [3.8, 4) is 0 Å². The first-order chi connectivity index (χ1) is 10.8. The number of halogens is 2. The fourth-order valence-electron chi connectivity index (χ4n) is 3.42. The molecule has 2 aromatic heterocycles. The Bertz CT molecular complexity index is 650. The highest BCUT2D eigenvalue weighted by Gasteiger charge is 2.27. The van der Waals surface area contributed by atoms with Crippen LogP contribution in [0.4, 0.5) is 0 Å². The van der Waals surface area contributed by atoms with E-state index in [-0.39, 0.29) is 12.4 Å². The molecule has 2 aliphatic heterocycles. The van der Waals surface area contributed by atoms with Crippen molar-refractivity contribution < 1.29 is 0 Å². The second-order valence-electron chi connectivity index (χ2n) is 6.08. The van der Waals surface area contributed by atoms with E-state index in [1.165, 1.54) is 28.0 Å². The minimum atomic E-state index is 0. The zero-order valence-corrected chi connectivity index (χ0v) is 16.1. The SMILES string of the molecule is Brc1csc(CN2CCC(c3nnc4n3CCNC4)CC2)c1.Cl. The van der Waals surface area contributed by atoms with Gasteiger partial charge in [0.25, 0.3) is 0 Å². The molecule has 5 nitrogen and oxygen atoms in total. The molecule has 2 aliphatic rings. The van der Waals surface area contributed by atoms with Crippen LogP contribution in [0.5, 0.6) is 0 Å². The Morgan fingerprint density at radius 3 is 2.83 bits per heavy atom. The summed E-state index contributed by atoms with van der Waals surface area (Å²) in [5.41, 5.74) is 0. The van der Waals surface area contributed by atoms with Gasteiger partial charge in [-0.2, -0.15) is 0 Å². The first kappa shape index (κ1) is 17.4. The Morgan fingerprint density at radius 2 is 2.09 bits per heavy atom. The Kier molecular flexibility index (Phi) is 5.74. The number of hydrogen-bond acceptors (Lipinski definition) is 5. The van der Waals surface area contributed by atoms with Crippen molar-refractivity contribution in [2.24, 2.45) is 0 Å². The van der Waals surface area contributed by atoms with Crippen LogP contribution < -0.4 is 5.32 Å². The third-order valence-electron chi connectivity index (χ3n) is 4.61. The minimum absolute atomic E-state index is 0. The molecule has 0 radical (unpaired) electrons. The van der Waals surface area contributed by atoms with E-state index in [0.717, 1.165) is 45.1 Å². The molecule has 0 saturated carbocycles. The molecule has 2 aromatic rings. The maximum Gasteiger partial charge on any atom is 0.147 e. The van der Waals surface area contributed by atoms with Crippen molar-refractivity contribution in [2.75, 3.05) is 19.6 Å². The Labute approximate surface area is 155 Å². The number of aromatic nitrogens is 3. The molecule has 4 rings (SSSR count). The normalized spacial score (nSPS) is 19.3. The average molecular weight is 419 g/mol. The molecule has 1 saturated heterocycles. The van der Waals surface area contributed by atoms with Gasteiger partial charge in [0.05, 0.1) is 6.54 Å². The summed E-state index contributed by atoms with van der Waals surface area (Å²) < 4.78 is 3.54. The van der Waals surface area contributed by atoms with Crippen LogP contribution in [0.25, 0.3) is 0 Å². The molecule has 0 aromatic carbocycles. The van der Waals surface area contributed by atoms with Crippen LogP contribution in [0, 0.1) is 0 Å². The van der Waals surface area contributed by atoms with E-state index in [2.05, 4.69) is 52.4 Å². The van der Waals surface area contributed by atoms with Crippen molar-refractivity contribution in [1.82, 2.24) is 25.0 Å². The van der Waals surface area contributed by atoms with Crippen LogP contribution in [0.3, 0.4) is 0 Å². The number of thiophene rings is 1. The lowest BCUT2D eigenvalue weighted by atomic mass is 9.95. The van der Waals surface area contributed by atoms with Crippen LogP contribution in [-0.2, 0) is 19.6 Å². The van der Waals surface area contributed by atoms with Gasteiger partial charge in [-0.1, -0.05) is 0 Å². The number of fused-ring (bicyclic) bond motifs is 1. The Balaban J connectivity index is 0.00000156. The number of hydrogen-bond donors (Lipinski definition) is 1. The van der Waals surface area contributed by atoms with Gasteiger partial charge in [0.1, 0.15) is 11.6 Å². The number of nitrogens with one attached hydrogen (secondary N) is 1. The molecular formula is C15H21BrClN5S. The molecule has 0 aliphatic carbocycles. The molecule has 8 heteroatoms. The summed E-state index contributed by atoms with van der Waals surface area (Å²) in [5, 5.41) is 14.4. The maximum absolute atomic E-state index is 4.48. The van der Waals surface area contributed by atoms with Gasteiger partial charge >= 0.3 is 0 Å². The maximum atomic E-state index is 4.48. The zero-order valence-electron chi connectivity index (χ0n) is 12.9. The highest BCUT2D eigenvalue weighted by molar-refractivity contribution is 9.10. The number of nitrogens with zero attached hydrogens (tertiary/aromatic N) is 4. The van der Waals surface area contributed by atoms with Crippen LogP contribution >= 0.6 is 39.7 Å².